The second-order valence-electron chi connectivity index (χ2n) is 17.7. The van der Waals surface area contributed by atoms with E-state index in [9.17, 15) is 0 Å². The molecular formula is C58H50N2. The van der Waals surface area contributed by atoms with Crippen molar-refractivity contribution in [3.8, 4) is 22.3 Å². The van der Waals surface area contributed by atoms with Crippen molar-refractivity contribution < 1.29 is 0 Å². The molecular weight excluding hydrogens is 725 g/mol. The average molecular weight is 775 g/mol. The summed E-state index contributed by atoms with van der Waals surface area (Å²) in [4.78, 5) is 4.77. The first kappa shape index (κ1) is 37.4. The lowest BCUT2D eigenvalue weighted by Crippen LogP contribution is -2.16. The fourth-order valence-electron chi connectivity index (χ4n) is 9.87. The molecule has 0 bridgehead atoms. The van der Waals surface area contributed by atoms with Crippen molar-refractivity contribution in [2.45, 2.75) is 52.4 Å². The van der Waals surface area contributed by atoms with E-state index < -0.39 is 0 Å². The lowest BCUT2D eigenvalue weighted by atomic mass is 9.81. The molecule has 0 saturated heterocycles. The highest BCUT2D eigenvalue weighted by molar-refractivity contribution is 5.88. The number of hydrogen-bond acceptors (Lipinski definition) is 2. The highest BCUT2D eigenvalue weighted by Gasteiger charge is 2.37. The van der Waals surface area contributed by atoms with Gasteiger partial charge in [0.1, 0.15) is 0 Å². The first-order valence-electron chi connectivity index (χ1n) is 21.2. The van der Waals surface area contributed by atoms with E-state index in [0.717, 1.165) is 22.7 Å². The van der Waals surface area contributed by atoms with Gasteiger partial charge in [-0.2, -0.15) is 0 Å². The number of para-hydroxylation sites is 2. The van der Waals surface area contributed by atoms with Gasteiger partial charge in [-0.3, -0.25) is 0 Å². The number of benzene rings is 8. The molecule has 2 aliphatic rings. The molecule has 0 amide bonds. The van der Waals surface area contributed by atoms with E-state index in [1.54, 1.807) is 0 Å². The van der Waals surface area contributed by atoms with Crippen molar-refractivity contribution in [2.24, 2.45) is 0 Å². The molecule has 0 atom stereocenters. The highest BCUT2D eigenvalue weighted by atomic mass is 15.1. The quantitative estimate of drug-likeness (QED) is 0.142. The van der Waals surface area contributed by atoms with E-state index in [4.69, 9.17) is 0 Å². The number of hydrogen-bond donors (Lipinski definition) is 0. The maximum absolute atomic E-state index is 2.41. The van der Waals surface area contributed by atoms with Crippen LogP contribution in [-0.2, 0) is 10.8 Å². The van der Waals surface area contributed by atoms with Crippen LogP contribution in [0, 0.1) is 13.8 Å². The summed E-state index contributed by atoms with van der Waals surface area (Å²) in [6.07, 6.45) is 4.50. The predicted octanol–water partition coefficient (Wildman–Crippen LogP) is 16.0. The zero-order chi connectivity index (χ0) is 41.2. The number of anilines is 6. The van der Waals surface area contributed by atoms with Crippen LogP contribution in [0.2, 0.25) is 0 Å². The monoisotopic (exact) mass is 774 g/mol. The van der Waals surface area contributed by atoms with Crippen molar-refractivity contribution in [2.75, 3.05) is 9.80 Å². The molecule has 2 heteroatoms. The second-order valence-corrected chi connectivity index (χ2v) is 17.7. The largest absolute Gasteiger partial charge is 0.310 e. The van der Waals surface area contributed by atoms with Crippen LogP contribution in [0.4, 0.5) is 34.1 Å². The Kier molecular flexibility index (Phi) is 8.99. The van der Waals surface area contributed by atoms with Crippen molar-refractivity contribution in [1.29, 1.82) is 0 Å². The lowest BCUT2D eigenvalue weighted by Gasteiger charge is -2.28. The maximum Gasteiger partial charge on any atom is 0.0466 e. The van der Waals surface area contributed by atoms with Crippen molar-refractivity contribution in [3.05, 3.63) is 226 Å². The van der Waals surface area contributed by atoms with Crippen LogP contribution in [-0.4, -0.2) is 0 Å². The Hall–Kier alpha value is -6.90. The van der Waals surface area contributed by atoms with Crippen LogP contribution in [0.1, 0.15) is 72.2 Å². The van der Waals surface area contributed by atoms with Gasteiger partial charge < -0.3 is 9.80 Å². The summed E-state index contributed by atoms with van der Waals surface area (Å²) in [7, 11) is 0. The SMILES string of the molecule is Cc1cc(C)cc(N(c2ccc(/C=C/c3ccc4c(c3)C(C)(C)c3cc(N(c5ccccc5)c5ccccc5)ccc3-4)cc2)c2ccc3c(c2)C(C)(C)c2ccccc2-3)c1. The fourth-order valence-corrected chi connectivity index (χ4v) is 9.87. The third-order valence-corrected chi connectivity index (χ3v) is 12.9. The maximum atomic E-state index is 2.41. The lowest BCUT2D eigenvalue weighted by molar-refractivity contribution is 0.660. The molecule has 0 aliphatic heterocycles. The zero-order valence-corrected chi connectivity index (χ0v) is 35.4. The molecule has 0 N–H and O–H groups in total. The van der Waals surface area contributed by atoms with Crippen LogP contribution in [0.5, 0.6) is 0 Å². The highest BCUT2D eigenvalue weighted by Crippen LogP contribution is 2.52. The summed E-state index contributed by atoms with van der Waals surface area (Å²) in [6, 6.07) is 67.0. The Labute approximate surface area is 355 Å². The molecule has 2 aliphatic carbocycles. The molecule has 60 heavy (non-hydrogen) atoms. The van der Waals surface area contributed by atoms with Crippen molar-refractivity contribution in [3.63, 3.8) is 0 Å². The standard InChI is InChI=1S/C58H50N2/c1-39-33-40(2)35-48(34-39)60(47-29-31-51-49-19-13-14-20-53(49)57(3,4)55(51)38-47)45-26-23-41(24-27-45)21-22-42-25-30-50-52-32-28-46(37-56(52)58(5,6)54(50)36-42)59(43-15-9-7-10-16-43)44-17-11-8-12-18-44/h7-38H,1-6H3/b22-21+. The van der Waals surface area contributed by atoms with E-state index in [0.29, 0.717) is 0 Å². The smallest absolute Gasteiger partial charge is 0.0466 e. The van der Waals surface area contributed by atoms with E-state index in [-0.39, 0.29) is 10.8 Å². The van der Waals surface area contributed by atoms with Gasteiger partial charge in [-0.25, -0.2) is 0 Å². The zero-order valence-electron chi connectivity index (χ0n) is 35.4. The fraction of sp³-hybridized carbons (Fsp3) is 0.138. The Bertz CT molecular complexity index is 2870. The molecule has 0 radical (unpaired) electrons. The predicted molar refractivity (Wildman–Crippen MR) is 256 cm³/mol. The van der Waals surface area contributed by atoms with Crippen molar-refractivity contribution in [1.82, 2.24) is 0 Å². The molecule has 0 saturated carbocycles. The Morgan fingerprint density at radius 1 is 0.317 bits per heavy atom. The van der Waals surface area contributed by atoms with Crippen LogP contribution < -0.4 is 9.80 Å². The first-order chi connectivity index (χ1) is 29.1. The Morgan fingerprint density at radius 3 is 1.30 bits per heavy atom. The molecule has 0 unspecified atom stereocenters. The average Bonchev–Trinajstić information content (AvgIpc) is 3.62. The van der Waals surface area contributed by atoms with E-state index >= 15 is 0 Å². The van der Waals surface area contributed by atoms with Crippen LogP contribution in [0.3, 0.4) is 0 Å². The van der Waals surface area contributed by atoms with Crippen molar-refractivity contribution >= 4 is 46.3 Å². The molecule has 8 aromatic carbocycles. The van der Waals surface area contributed by atoms with Gasteiger partial charge in [-0.1, -0.05) is 149 Å². The molecule has 8 aromatic rings. The molecule has 0 heterocycles. The summed E-state index contributed by atoms with van der Waals surface area (Å²) in [5.74, 6) is 0. The topological polar surface area (TPSA) is 6.48 Å². The van der Waals surface area contributed by atoms with Gasteiger partial charge in [0.25, 0.3) is 0 Å². The Morgan fingerprint density at radius 2 is 0.717 bits per heavy atom. The minimum absolute atomic E-state index is 0.0742. The second kappa shape index (κ2) is 14.4. The number of nitrogens with zero attached hydrogens (tertiary/aromatic N) is 2. The summed E-state index contributed by atoms with van der Waals surface area (Å²) in [5, 5.41) is 0. The van der Waals surface area contributed by atoms with E-state index in [1.807, 2.05) is 0 Å². The van der Waals surface area contributed by atoms with Gasteiger partial charge in [0.05, 0.1) is 0 Å². The summed E-state index contributed by atoms with van der Waals surface area (Å²) >= 11 is 0. The molecule has 0 fully saturated rings. The van der Waals surface area contributed by atoms with Crippen LogP contribution in [0.15, 0.2) is 182 Å². The van der Waals surface area contributed by atoms with E-state index in [2.05, 4.69) is 245 Å². The molecule has 292 valence electrons. The minimum atomic E-state index is -0.154. The third-order valence-electron chi connectivity index (χ3n) is 12.9. The number of aryl methyl sites for hydroxylation is 2. The number of fused-ring (bicyclic) bond motifs is 6. The first-order valence-corrected chi connectivity index (χ1v) is 21.2. The van der Waals surface area contributed by atoms with Gasteiger partial charge in [-0.15, -0.1) is 0 Å². The molecule has 0 spiro atoms. The van der Waals surface area contributed by atoms with Gasteiger partial charge in [-0.05, 0) is 153 Å². The molecule has 0 aromatic heterocycles. The minimum Gasteiger partial charge on any atom is -0.310 e. The van der Waals surface area contributed by atoms with Gasteiger partial charge in [0.2, 0.25) is 0 Å². The summed E-state index contributed by atoms with van der Waals surface area (Å²) < 4.78 is 0. The normalized spacial score (nSPS) is 14.0. The Balaban J connectivity index is 0.948. The van der Waals surface area contributed by atoms with Gasteiger partial charge in [0, 0.05) is 45.0 Å². The summed E-state index contributed by atoms with van der Waals surface area (Å²) in [5.41, 5.74) is 22.4. The van der Waals surface area contributed by atoms with Crippen LogP contribution in [0.25, 0.3) is 34.4 Å². The molecule has 2 nitrogen and oxygen atoms in total. The van der Waals surface area contributed by atoms with Crippen LogP contribution >= 0.6 is 0 Å². The number of rotatable bonds is 8. The van der Waals surface area contributed by atoms with E-state index in [1.165, 1.54) is 78.1 Å². The van der Waals surface area contributed by atoms with Gasteiger partial charge >= 0.3 is 0 Å². The summed E-state index contributed by atoms with van der Waals surface area (Å²) in [6.45, 7) is 13.8. The molecule has 10 rings (SSSR count). The van der Waals surface area contributed by atoms with Gasteiger partial charge in [0.15, 0.2) is 0 Å². The third kappa shape index (κ3) is 6.35.